The van der Waals surface area contributed by atoms with E-state index in [-0.39, 0.29) is 4.75 Å². The first-order valence-electron chi connectivity index (χ1n) is 8.12. The van der Waals surface area contributed by atoms with E-state index in [9.17, 15) is 0 Å². The minimum absolute atomic E-state index is 0.264. The van der Waals surface area contributed by atoms with Gasteiger partial charge in [0.1, 0.15) is 0 Å². The lowest BCUT2D eigenvalue weighted by molar-refractivity contribution is 0.375. The summed E-state index contributed by atoms with van der Waals surface area (Å²) in [5, 5.41) is 7.70. The van der Waals surface area contributed by atoms with Gasteiger partial charge in [0, 0.05) is 55.8 Å². The van der Waals surface area contributed by atoms with Crippen LogP contribution in [0.25, 0.3) is 5.82 Å². The third kappa shape index (κ3) is 4.08. The predicted octanol–water partition coefficient (Wildman–Crippen LogP) is 2.17. The summed E-state index contributed by atoms with van der Waals surface area (Å²) < 4.78 is 2.03. The highest BCUT2D eigenvalue weighted by Crippen LogP contribution is 2.29. The second-order valence-corrected chi connectivity index (χ2v) is 8.21. The molecule has 2 aromatic rings. The van der Waals surface area contributed by atoms with Crippen molar-refractivity contribution in [2.45, 2.75) is 25.1 Å². The van der Waals surface area contributed by atoms with Crippen LogP contribution >= 0.6 is 11.8 Å². The van der Waals surface area contributed by atoms with Crippen molar-refractivity contribution in [2.75, 3.05) is 25.9 Å². The van der Waals surface area contributed by atoms with Crippen molar-refractivity contribution in [1.82, 2.24) is 25.0 Å². The topological polar surface area (TPSA) is 58.3 Å². The Hall–Kier alpha value is -2.02. The van der Waals surface area contributed by atoms with Gasteiger partial charge in [-0.3, -0.25) is 4.99 Å². The molecule has 0 unspecified atom stereocenters. The van der Waals surface area contributed by atoms with Crippen molar-refractivity contribution in [3.05, 3.63) is 42.4 Å². The molecule has 0 spiro atoms. The van der Waals surface area contributed by atoms with Crippen molar-refractivity contribution in [2.24, 2.45) is 4.99 Å². The number of aromatic nitrogens is 3. The van der Waals surface area contributed by atoms with E-state index in [0.29, 0.717) is 6.54 Å². The second kappa shape index (κ2) is 7.25. The molecule has 1 N–H and O–H groups in total. The molecule has 2 aromatic heterocycles. The molecular weight excluding hydrogens is 320 g/mol. The fourth-order valence-electron chi connectivity index (χ4n) is 2.81. The number of pyridine rings is 1. The molecule has 7 heteroatoms. The highest BCUT2D eigenvalue weighted by atomic mass is 32.2. The molecule has 1 fully saturated rings. The normalized spacial score (nSPS) is 17.8. The van der Waals surface area contributed by atoms with Crippen molar-refractivity contribution < 1.29 is 0 Å². The Morgan fingerprint density at radius 1 is 1.42 bits per heavy atom. The molecular formula is C17H24N6S. The highest BCUT2D eigenvalue weighted by molar-refractivity contribution is 8.00. The molecule has 24 heavy (non-hydrogen) atoms. The molecule has 1 aliphatic heterocycles. The lowest BCUT2D eigenvalue weighted by Crippen LogP contribution is -2.50. The minimum atomic E-state index is 0.264. The zero-order valence-corrected chi connectivity index (χ0v) is 15.3. The number of guanidine groups is 1. The van der Waals surface area contributed by atoms with E-state index in [2.05, 4.69) is 39.1 Å². The molecule has 6 nitrogen and oxygen atoms in total. The quantitative estimate of drug-likeness (QED) is 0.683. The number of nitrogens with one attached hydrogen (secondary N) is 1. The van der Waals surface area contributed by atoms with Gasteiger partial charge in [-0.15, -0.1) is 0 Å². The molecule has 3 rings (SSSR count). The molecule has 0 aromatic carbocycles. The van der Waals surface area contributed by atoms with Gasteiger partial charge in [0.2, 0.25) is 0 Å². The summed E-state index contributed by atoms with van der Waals surface area (Å²) in [7, 11) is 1.85. The summed E-state index contributed by atoms with van der Waals surface area (Å²) in [6, 6.07) is 5.96. The molecule has 0 atom stereocenters. The van der Waals surface area contributed by atoms with E-state index < -0.39 is 0 Å². The average molecular weight is 344 g/mol. The first-order valence-corrected chi connectivity index (χ1v) is 9.10. The number of hydrogen-bond acceptors (Lipinski definition) is 4. The van der Waals surface area contributed by atoms with Gasteiger partial charge >= 0.3 is 0 Å². The van der Waals surface area contributed by atoms with Crippen LogP contribution in [0, 0.1) is 0 Å². The predicted molar refractivity (Wildman–Crippen MR) is 99.7 cm³/mol. The average Bonchev–Trinajstić information content (AvgIpc) is 3.09. The second-order valence-electron chi connectivity index (χ2n) is 6.40. The zero-order chi connectivity index (χ0) is 17.0. The van der Waals surface area contributed by atoms with E-state index >= 15 is 0 Å². The summed E-state index contributed by atoms with van der Waals surface area (Å²) in [5.41, 5.74) is 1.15. The van der Waals surface area contributed by atoms with Crippen LogP contribution in [0.2, 0.25) is 0 Å². The number of aliphatic imine (C=N–C) groups is 1. The summed E-state index contributed by atoms with van der Waals surface area (Å²) in [5.74, 6) is 2.91. The van der Waals surface area contributed by atoms with Gasteiger partial charge in [0.05, 0.1) is 0 Å². The van der Waals surface area contributed by atoms with E-state index in [1.165, 1.54) is 0 Å². The summed E-state index contributed by atoms with van der Waals surface area (Å²) in [6.45, 7) is 7.33. The van der Waals surface area contributed by atoms with Gasteiger partial charge in [-0.05, 0) is 37.6 Å². The highest BCUT2D eigenvalue weighted by Gasteiger charge is 2.28. The van der Waals surface area contributed by atoms with Crippen LogP contribution in [-0.4, -0.2) is 56.3 Å². The monoisotopic (exact) mass is 344 g/mol. The Morgan fingerprint density at radius 2 is 2.29 bits per heavy atom. The molecule has 0 aliphatic carbocycles. The Balaban J connectivity index is 1.65. The molecule has 3 heterocycles. The Bertz CT molecular complexity index is 695. The maximum absolute atomic E-state index is 4.45. The number of hydrogen-bond donors (Lipinski definition) is 1. The third-order valence-corrected chi connectivity index (χ3v) is 5.23. The molecule has 0 saturated carbocycles. The summed E-state index contributed by atoms with van der Waals surface area (Å²) >= 11 is 2.02. The van der Waals surface area contributed by atoms with Gasteiger partial charge in [0.15, 0.2) is 11.8 Å². The number of nitrogens with zero attached hydrogens (tertiary/aromatic N) is 5. The Morgan fingerprint density at radius 3 is 3.00 bits per heavy atom. The molecule has 1 saturated heterocycles. The lowest BCUT2D eigenvalue weighted by Gasteiger charge is -2.39. The van der Waals surface area contributed by atoms with E-state index in [0.717, 1.165) is 36.2 Å². The summed E-state index contributed by atoms with van der Waals surface area (Å²) in [4.78, 5) is 11.2. The van der Waals surface area contributed by atoms with Gasteiger partial charge in [-0.25, -0.2) is 9.67 Å². The smallest absolute Gasteiger partial charge is 0.193 e. The van der Waals surface area contributed by atoms with Crippen LogP contribution in [-0.2, 0) is 6.54 Å². The number of thioether (sulfide) groups is 1. The van der Waals surface area contributed by atoms with Crippen LogP contribution in [0.4, 0.5) is 0 Å². The molecule has 1 aliphatic rings. The van der Waals surface area contributed by atoms with Crippen LogP contribution in [0.15, 0.2) is 41.8 Å². The third-order valence-electron chi connectivity index (χ3n) is 3.94. The van der Waals surface area contributed by atoms with Crippen LogP contribution in [0.1, 0.15) is 19.4 Å². The van der Waals surface area contributed by atoms with E-state index in [1.54, 1.807) is 10.9 Å². The summed E-state index contributed by atoms with van der Waals surface area (Å²) in [6.07, 6.45) is 5.47. The first-order chi connectivity index (χ1) is 11.6. The molecule has 0 bridgehead atoms. The fourth-order valence-corrected chi connectivity index (χ4v) is 3.92. The fraction of sp³-hybridized carbons (Fsp3) is 0.471. The van der Waals surface area contributed by atoms with E-state index in [1.807, 2.05) is 49.4 Å². The standard InChI is InChI=1S/C17H24N6S/c1-17(2)13-22(9-10-24-17)16(18-3)20-12-14-5-7-19-15(11-14)23-8-4-6-21-23/h4-8,11H,9-10,12-13H2,1-3H3,(H,18,20). The van der Waals surface area contributed by atoms with Gasteiger partial charge in [-0.2, -0.15) is 16.9 Å². The minimum Gasteiger partial charge on any atom is -0.352 e. The Kier molecular flexibility index (Phi) is 5.08. The van der Waals surface area contributed by atoms with Crippen LogP contribution < -0.4 is 5.32 Å². The number of rotatable bonds is 3. The van der Waals surface area contributed by atoms with Crippen LogP contribution in [0.3, 0.4) is 0 Å². The van der Waals surface area contributed by atoms with E-state index in [4.69, 9.17) is 0 Å². The van der Waals surface area contributed by atoms with Gasteiger partial charge in [0.25, 0.3) is 0 Å². The zero-order valence-electron chi connectivity index (χ0n) is 14.4. The van der Waals surface area contributed by atoms with Crippen molar-refractivity contribution in [3.8, 4) is 5.82 Å². The molecule has 128 valence electrons. The maximum atomic E-state index is 4.45. The van der Waals surface area contributed by atoms with Crippen LogP contribution in [0.5, 0.6) is 0 Å². The lowest BCUT2D eigenvalue weighted by atomic mass is 10.2. The van der Waals surface area contributed by atoms with Crippen molar-refractivity contribution in [3.63, 3.8) is 0 Å². The molecule has 0 amide bonds. The van der Waals surface area contributed by atoms with Gasteiger partial charge < -0.3 is 10.2 Å². The van der Waals surface area contributed by atoms with Gasteiger partial charge in [-0.1, -0.05) is 0 Å². The largest absolute Gasteiger partial charge is 0.352 e. The van der Waals surface area contributed by atoms with Crippen molar-refractivity contribution >= 4 is 17.7 Å². The first kappa shape index (κ1) is 16.8. The molecule has 0 radical (unpaired) electrons. The van der Waals surface area contributed by atoms with Crippen molar-refractivity contribution in [1.29, 1.82) is 0 Å². The maximum Gasteiger partial charge on any atom is 0.193 e. The Labute approximate surface area is 147 Å². The SMILES string of the molecule is CN=C(NCc1ccnc(-n2cccn2)c1)N1CCSC(C)(C)C1.